The zero-order valence-corrected chi connectivity index (χ0v) is 11.2. The highest BCUT2D eigenvalue weighted by Gasteiger charge is 2.14. The lowest BCUT2D eigenvalue weighted by Crippen LogP contribution is -2.16. The van der Waals surface area contributed by atoms with Crippen LogP contribution in [0.1, 0.15) is 23.1 Å². The number of imidazole rings is 1. The van der Waals surface area contributed by atoms with Gasteiger partial charge in [0.2, 0.25) is 0 Å². The van der Waals surface area contributed by atoms with Crippen LogP contribution >= 0.6 is 0 Å². The van der Waals surface area contributed by atoms with Gasteiger partial charge in [-0.2, -0.15) is 0 Å². The number of aromatic nitrogens is 3. The van der Waals surface area contributed by atoms with Gasteiger partial charge in [-0.1, -0.05) is 18.2 Å². The summed E-state index contributed by atoms with van der Waals surface area (Å²) in [5, 5.41) is 1.25. The molecule has 0 saturated carbocycles. The minimum Gasteiger partial charge on any atom is -0.361 e. The number of aromatic amines is 1. The zero-order valence-electron chi connectivity index (χ0n) is 11.2. The summed E-state index contributed by atoms with van der Waals surface area (Å²) in [4.78, 5) is 7.59. The number of nitrogens with zero attached hydrogens (tertiary/aromatic N) is 2. The van der Waals surface area contributed by atoms with Crippen LogP contribution in [0.4, 0.5) is 0 Å². The molecule has 0 radical (unpaired) electrons. The van der Waals surface area contributed by atoms with E-state index in [9.17, 15) is 0 Å². The molecule has 0 fully saturated rings. The maximum atomic E-state index is 6.32. The second-order valence-electron chi connectivity index (χ2n) is 4.96. The fraction of sp³-hybridized carbons (Fsp3) is 0.267. The first-order valence-corrected chi connectivity index (χ1v) is 6.45. The summed E-state index contributed by atoms with van der Waals surface area (Å²) in [6.07, 6.45) is 4.73. The second-order valence-corrected chi connectivity index (χ2v) is 4.96. The number of rotatable bonds is 3. The van der Waals surface area contributed by atoms with Gasteiger partial charge in [0.1, 0.15) is 5.82 Å². The Labute approximate surface area is 112 Å². The van der Waals surface area contributed by atoms with Gasteiger partial charge in [-0.05, 0) is 25.0 Å². The summed E-state index contributed by atoms with van der Waals surface area (Å²) in [5.41, 5.74) is 9.80. The molecule has 0 bridgehead atoms. The largest absolute Gasteiger partial charge is 0.361 e. The minimum atomic E-state index is -0.0367. The summed E-state index contributed by atoms with van der Waals surface area (Å²) in [5.74, 6) is 0.990. The number of hydrogen-bond acceptors (Lipinski definition) is 2. The van der Waals surface area contributed by atoms with Crippen molar-refractivity contribution in [3.05, 3.63) is 53.7 Å². The highest BCUT2D eigenvalue weighted by atomic mass is 15.1. The van der Waals surface area contributed by atoms with Crippen molar-refractivity contribution in [2.75, 3.05) is 0 Å². The first-order valence-electron chi connectivity index (χ1n) is 6.45. The molecule has 3 rings (SSSR count). The van der Waals surface area contributed by atoms with Crippen LogP contribution in [0.25, 0.3) is 10.9 Å². The lowest BCUT2D eigenvalue weighted by atomic mass is 10.0. The van der Waals surface area contributed by atoms with Crippen molar-refractivity contribution >= 4 is 10.9 Å². The molecular formula is C15H18N4. The first-order chi connectivity index (χ1) is 9.16. The van der Waals surface area contributed by atoms with Gasteiger partial charge in [-0.25, -0.2) is 4.98 Å². The summed E-state index contributed by atoms with van der Waals surface area (Å²) in [7, 11) is 2.01. The average molecular weight is 254 g/mol. The number of para-hydroxylation sites is 1. The van der Waals surface area contributed by atoms with Gasteiger partial charge in [-0.15, -0.1) is 0 Å². The number of hydrogen-bond donors (Lipinski definition) is 2. The molecule has 0 aliphatic heterocycles. The Morgan fingerprint density at radius 3 is 2.89 bits per heavy atom. The van der Waals surface area contributed by atoms with Gasteiger partial charge in [0, 0.05) is 24.1 Å². The number of nitrogens with two attached hydrogens (primary N) is 1. The normalized spacial score (nSPS) is 13.0. The third-order valence-corrected chi connectivity index (χ3v) is 3.75. The Bertz CT molecular complexity index is 708. The van der Waals surface area contributed by atoms with E-state index in [0.29, 0.717) is 0 Å². The van der Waals surface area contributed by atoms with E-state index in [1.54, 1.807) is 0 Å². The number of aryl methyl sites for hydroxylation is 1. The molecule has 0 aliphatic carbocycles. The van der Waals surface area contributed by atoms with Crippen LogP contribution in [0, 0.1) is 6.92 Å². The maximum Gasteiger partial charge on any atom is 0.105 e. The van der Waals surface area contributed by atoms with Crippen LogP contribution in [-0.2, 0) is 13.5 Å². The SMILES string of the molecule is Cc1ncc(C(N)Cc2c[nH]c3ccccc23)n1C. The molecule has 2 aromatic heterocycles. The van der Waals surface area contributed by atoms with Crippen LogP contribution in [0.5, 0.6) is 0 Å². The Morgan fingerprint density at radius 1 is 1.37 bits per heavy atom. The number of benzene rings is 1. The second kappa shape index (κ2) is 4.55. The summed E-state index contributed by atoms with van der Waals surface area (Å²) in [6.45, 7) is 1.99. The van der Waals surface area contributed by atoms with Crippen molar-refractivity contribution in [2.45, 2.75) is 19.4 Å². The van der Waals surface area contributed by atoms with Crippen LogP contribution in [0.15, 0.2) is 36.7 Å². The molecule has 1 unspecified atom stereocenters. The van der Waals surface area contributed by atoms with Gasteiger partial charge in [0.25, 0.3) is 0 Å². The molecular weight excluding hydrogens is 236 g/mol. The quantitative estimate of drug-likeness (QED) is 0.754. The molecule has 2 heterocycles. The minimum absolute atomic E-state index is 0.0367. The van der Waals surface area contributed by atoms with E-state index in [0.717, 1.165) is 23.5 Å². The maximum absolute atomic E-state index is 6.32. The van der Waals surface area contributed by atoms with E-state index in [2.05, 4.69) is 32.7 Å². The van der Waals surface area contributed by atoms with E-state index in [-0.39, 0.29) is 6.04 Å². The lowest BCUT2D eigenvalue weighted by molar-refractivity contribution is 0.650. The number of H-pyrrole nitrogens is 1. The van der Waals surface area contributed by atoms with Gasteiger partial charge in [0.15, 0.2) is 0 Å². The van der Waals surface area contributed by atoms with Crippen LogP contribution in [0.3, 0.4) is 0 Å². The standard InChI is InChI=1S/C15H18N4/c1-10-17-9-15(19(10)2)13(16)7-11-8-18-14-6-4-3-5-12(11)14/h3-6,8-9,13,18H,7,16H2,1-2H3. The van der Waals surface area contributed by atoms with Crippen molar-refractivity contribution < 1.29 is 0 Å². The molecule has 19 heavy (non-hydrogen) atoms. The Morgan fingerprint density at radius 2 is 2.16 bits per heavy atom. The third-order valence-electron chi connectivity index (χ3n) is 3.75. The molecule has 0 amide bonds. The van der Waals surface area contributed by atoms with E-state index in [1.165, 1.54) is 10.9 Å². The van der Waals surface area contributed by atoms with Gasteiger partial charge < -0.3 is 15.3 Å². The Kier molecular flexibility index (Phi) is 2.87. The zero-order chi connectivity index (χ0) is 13.4. The summed E-state index contributed by atoms with van der Waals surface area (Å²) in [6, 6.07) is 8.26. The van der Waals surface area contributed by atoms with E-state index in [1.807, 2.05) is 32.4 Å². The molecule has 98 valence electrons. The predicted octanol–water partition coefficient (Wildman–Crippen LogP) is 2.45. The molecule has 3 N–H and O–H groups in total. The van der Waals surface area contributed by atoms with Gasteiger partial charge in [0.05, 0.1) is 17.9 Å². The Hall–Kier alpha value is -2.07. The number of fused-ring (bicyclic) bond motifs is 1. The van der Waals surface area contributed by atoms with Crippen molar-refractivity contribution in [1.82, 2.24) is 14.5 Å². The van der Waals surface area contributed by atoms with Crippen molar-refractivity contribution in [1.29, 1.82) is 0 Å². The molecule has 4 heteroatoms. The molecule has 1 aromatic carbocycles. The molecule has 0 spiro atoms. The topological polar surface area (TPSA) is 59.6 Å². The van der Waals surface area contributed by atoms with E-state index >= 15 is 0 Å². The van der Waals surface area contributed by atoms with E-state index in [4.69, 9.17) is 5.73 Å². The summed E-state index contributed by atoms with van der Waals surface area (Å²) < 4.78 is 2.06. The predicted molar refractivity (Wildman–Crippen MR) is 76.9 cm³/mol. The highest BCUT2D eigenvalue weighted by Crippen LogP contribution is 2.23. The molecule has 3 aromatic rings. The lowest BCUT2D eigenvalue weighted by Gasteiger charge is -2.12. The summed E-state index contributed by atoms with van der Waals surface area (Å²) >= 11 is 0. The van der Waals surface area contributed by atoms with Gasteiger partial charge in [-0.3, -0.25) is 0 Å². The Balaban J connectivity index is 1.91. The molecule has 1 atom stereocenters. The molecule has 0 aliphatic rings. The fourth-order valence-electron chi connectivity index (χ4n) is 2.51. The monoisotopic (exact) mass is 254 g/mol. The van der Waals surface area contributed by atoms with Crippen molar-refractivity contribution in [2.24, 2.45) is 12.8 Å². The first kappa shape index (κ1) is 12.0. The van der Waals surface area contributed by atoms with Crippen LogP contribution in [0.2, 0.25) is 0 Å². The smallest absolute Gasteiger partial charge is 0.105 e. The van der Waals surface area contributed by atoms with Crippen molar-refractivity contribution in [3.63, 3.8) is 0 Å². The van der Waals surface area contributed by atoms with Crippen LogP contribution < -0.4 is 5.73 Å². The molecule has 4 nitrogen and oxygen atoms in total. The highest BCUT2D eigenvalue weighted by molar-refractivity contribution is 5.83. The van der Waals surface area contributed by atoms with Gasteiger partial charge >= 0.3 is 0 Å². The van der Waals surface area contributed by atoms with Crippen LogP contribution in [-0.4, -0.2) is 14.5 Å². The fourth-order valence-corrected chi connectivity index (χ4v) is 2.51. The molecule has 0 saturated heterocycles. The number of nitrogens with one attached hydrogen (secondary N) is 1. The third kappa shape index (κ3) is 2.04. The van der Waals surface area contributed by atoms with E-state index < -0.39 is 0 Å². The average Bonchev–Trinajstić information content (AvgIpc) is 2.96. The van der Waals surface area contributed by atoms with Crippen molar-refractivity contribution in [3.8, 4) is 0 Å².